The average molecular weight is 395 g/mol. The number of nitrogens with one attached hydrogen (secondary N) is 2. The molecule has 1 saturated carbocycles. The molecule has 0 saturated heterocycles. The van der Waals surface area contributed by atoms with Crippen molar-refractivity contribution in [2.24, 2.45) is 5.73 Å². The van der Waals surface area contributed by atoms with Gasteiger partial charge in [0.25, 0.3) is 0 Å². The molecule has 0 radical (unpaired) electrons. The minimum atomic E-state index is -4.45. The summed E-state index contributed by atoms with van der Waals surface area (Å²) in [6.07, 6.45) is -1.33. The molecule has 0 spiro atoms. The Morgan fingerprint density at radius 3 is 2.41 bits per heavy atom. The van der Waals surface area contributed by atoms with E-state index in [-0.39, 0.29) is 11.6 Å². The molecule has 8 heteroatoms. The first-order valence-corrected chi connectivity index (χ1v) is 9.62. The van der Waals surface area contributed by atoms with Gasteiger partial charge in [0, 0.05) is 17.1 Å². The molecule has 1 amide bonds. The van der Waals surface area contributed by atoms with Gasteiger partial charge in [-0.3, -0.25) is 4.79 Å². The maximum absolute atomic E-state index is 13.3. The average Bonchev–Trinajstić information content (AvgIpc) is 3.39. The second-order valence-electron chi connectivity index (χ2n) is 6.57. The molecular formula is C19H20F3N3OS. The lowest BCUT2D eigenvalue weighted by Gasteiger charge is -2.16. The van der Waals surface area contributed by atoms with Crippen molar-refractivity contribution in [2.45, 2.75) is 36.0 Å². The summed E-state index contributed by atoms with van der Waals surface area (Å²) in [6.45, 7) is 0.328. The fraction of sp³-hybridized carbons (Fsp3) is 0.316. The first kappa shape index (κ1) is 19.6. The third kappa shape index (κ3) is 4.75. The summed E-state index contributed by atoms with van der Waals surface area (Å²) in [7, 11) is 0. The number of hydrogen-bond donors (Lipinski definition) is 3. The predicted octanol–water partition coefficient (Wildman–Crippen LogP) is 4.28. The Morgan fingerprint density at radius 1 is 1.19 bits per heavy atom. The number of halogens is 3. The third-order valence-electron chi connectivity index (χ3n) is 4.46. The van der Waals surface area contributed by atoms with E-state index >= 15 is 0 Å². The lowest BCUT2D eigenvalue weighted by atomic mass is 10.1. The van der Waals surface area contributed by atoms with Crippen LogP contribution in [-0.4, -0.2) is 17.7 Å². The number of alkyl halides is 3. The SMILES string of the molecule is CSc1ccc(Nc2ccc(CNC(=O)C3(N)CC3)cc2)c(C(F)(F)F)c1. The maximum atomic E-state index is 13.3. The van der Waals surface area contributed by atoms with Crippen LogP contribution in [0.2, 0.25) is 0 Å². The highest BCUT2D eigenvalue weighted by Crippen LogP contribution is 2.38. The quantitative estimate of drug-likeness (QED) is 0.639. The number of rotatable bonds is 6. The highest BCUT2D eigenvalue weighted by atomic mass is 32.2. The number of hydrogen-bond acceptors (Lipinski definition) is 4. The molecule has 1 aliphatic carbocycles. The van der Waals surface area contributed by atoms with Crippen molar-refractivity contribution < 1.29 is 18.0 Å². The number of anilines is 2. The second-order valence-corrected chi connectivity index (χ2v) is 7.45. The standard InChI is InChI=1S/C19H20F3N3OS/c1-27-14-6-7-16(15(10-14)19(20,21)22)25-13-4-2-12(3-5-13)11-24-17(26)18(23)8-9-18/h2-7,10,25H,8-9,11,23H2,1H3,(H,24,26). The van der Waals surface area contributed by atoms with Crippen LogP contribution in [0.3, 0.4) is 0 Å². The summed E-state index contributed by atoms with van der Waals surface area (Å²) in [5.74, 6) is -0.173. The van der Waals surface area contributed by atoms with Crippen LogP contribution in [0.25, 0.3) is 0 Å². The Kier molecular flexibility index (Phi) is 5.39. The Bertz CT molecular complexity index is 833. The Morgan fingerprint density at radius 2 is 1.85 bits per heavy atom. The normalized spacial score (nSPS) is 15.3. The molecule has 0 aromatic heterocycles. The third-order valence-corrected chi connectivity index (χ3v) is 5.18. The Balaban J connectivity index is 1.68. The zero-order valence-corrected chi connectivity index (χ0v) is 15.5. The molecule has 0 aliphatic heterocycles. The molecule has 0 atom stereocenters. The molecule has 3 rings (SSSR count). The first-order valence-electron chi connectivity index (χ1n) is 8.40. The maximum Gasteiger partial charge on any atom is 0.418 e. The van der Waals surface area contributed by atoms with E-state index in [9.17, 15) is 18.0 Å². The van der Waals surface area contributed by atoms with Gasteiger partial charge in [-0.15, -0.1) is 11.8 Å². The van der Waals surface area contributed by atoms with Crippen molar-refractivity contribution in [3.8, 4) is 0 Å². The fourth-order valence-electron chi connectivity index (χ4n) is 2.58. The van der Waals surface area contributed by atoms with Crippen molar-refractivity contribution in [3.63, 3.8) is 0 Å². The topological polar surface area (TPSA) is 67.1 Å². The second kappa shape index (κ2) is 7.44. The van der Waals surface area contributed by atoms with Crippen LogP contribution in [0.4, 0.5) is 24.5 Å². The lowest BCUT2D eigenvalue weighted by Crippen LogP contribution is -2.42. The molecule has 4 N–H and O–H groups in total. The van der Waals surface area contributed by atoms with Gasteiger partial charge in [0.15, 0.2) is 0 Å². The molecule has 2 aromatic rings. The molecule has 1 fully saturated rings. The lowest BCUT2D eigenvalue weighted by molar-refractivity contribution is -0.137. The smallest absolute Gasteiger partial charge is 0.355 e. The van der Waals surface area contributed by atoms with Gasteiger partial charge >= 0.3 is 6.18 Å². The zero-order chi connectivity index (χ0) is 19.7. The number of carbonyl (C=O) groups is 1. The van der Waals surface area contributed by atoms with E-state index in [2.05, 4.69) is 10.6 Å². The molecule has 0 heterocycles. The summed E-state index contributed by atoms with van der Waals surface area (Å²) in [5, 5.41) is 5.60. The summed E-state index contributed by atoms with van der Waals surface area (Å²) >= 11 is 1.26. The Hall–Kier alpha value is -2.19. The molecule has 27 heavy (non-hydrogen) atoms. The first-order chi connectivity index (χ1) is 12.7. The number of nitrogens with two attached hydrogens (primary N) is 1. The van der Waals surface area contributed by atoms with Crippen molar-refractivity contribution in [1.29, 1.82) is 0 Å². The zero-order valence-electron chi connectivity index (χ0n) is 14.7. The minimum absolute atomic E-state index is 0.000148. The van der Waals surface area contributed by atoms with Crippen LogP contribution >= 0.6 is 11.8 Å². The van der Waals surface area contributed by atoms with E-state index in [1.54, 1.807) is 36.6 Å². The van der Waals surface area contributed by atoms with Crippen LogP contribution in [0, 0.1) is 0 Å². The van der Waals surface area contributed by atoms with Crippen molar-refractivity contribution in [3.05, 3.63) is 53.6 Å². The van der Waals surface area contributed by atoms with Gasteiger partial charge in [0.05, 0.1) is 16.8 Å². The molecule has 4 nitrogen and oxygen atoms in total. The van der Waals surface area contributed by atoms with E-state index in [0.717, 1.165) is 11.6 Å². The van der Waals surface area contributed by atoms with Gasteiger partial charge in [-0.2, -0.15) is 13.2 Å². The Labute approximate surface area is 159 Å². The number of amides is 1. The van der Waals surface area contributed by atoms with Gasteiger partial charge in [-0.25, -0.2) is 0 Å². The van der Waals surface area contributed by atoms with Crippen molar-refractivity contribution in [1.82, 2.24) is 5.32 Å². The molecule has 0 unspecified atom stereocenters. The van der Waals surface area contributed by atoms with Crippen LogP contribution in [0.5, 0.6) is 0 Å². The van der Waals surface area contributed by atoms with Gasteiger partial charge in [0.1, 0.15) is 0 Å². The molecular weight excluding hydrogens is 375 g/mol. The number of carbonyl (C=O) groups excluding carboxylic acids is 1. The summed E-state index contributed by atoms with van der Waals surface area (Å²) in [4.78, 5) is 12.4. The van der Waals surface area contributed by atoms with E-state index < -0.39 is 17.3 Å². The minimum Gasteiger partial charge on any atom is -0.355 e. The van der Waals surface area contributed by atoms with E-state index in [4.69, 9.17) is 5.73 Å². The van der Waals surface area contributed by atoms with Crippen molar-refractivity contribution in [2.75, 3.05) is 11.6 Å². The summed E-state index contributed by atoms with van der Waals surface area (Å²) in [5.41, 5.74) is 5.76. The van der Waals surface area contributed by atoms with Crippen LogP contribution in [0.15, 0.2) is 47.4 Å². The van der Waals surface area contributed by atoms with E-state index in [1.165, 1.54) is 17.8 Å². The van der Waals surface area contributed by atoms with E-state index in [1.807, 2.05) is 0 Å². The number of benzene rings is 2. The van der Waals surface area contributed by atoms with Gasteiger partial charge in [0.2, 0.25) is 5.91 Å². The van der Waals surface area contributed by atoms with Gasteiger partial charge in [-0.05, 0) is 55.0 Å². The van der Waals surface area contributed by atoms with Crippen LogP contribution in [0.1, 0.15) is 24.0 Å². The van der Waals surface area contributed by atoms with Crippen LogP contribution < -0.4 is 16.4 Å². The largest absolute Gasteiger partial charge is 0.418 e. The molecule has 1 aliphatic rings. The molecule has 144 valence electrons. The predicted molar refractivity (Wildman–Crippen MR) is 101 cm³/mol. The highest BCUT2D eigenvalue weighted by Gasteiger charge is 2.45. The van der Waals surface area contributed by atoms with Crippen molar-refractivity contribution >= 4 is 29.0 Å². The van der Waals surface area contributed by atoms with Gasteiger partial charge < -0.3 is 16.4 Å². The summed E-state index contributed by atoms with van der Waals surface area (Å²) in [6, 6.07) is 11.1. The monoisotopic (exact) mass is 395 g/mol. The molecule has 0 bridgehead atoms. The highest BCUT2D eigenvalue weighted by molar-refractivity contribution is 7.98. The van der Waals surface area contributed by atoms with Gasteiger partial charge in [-0.1, -0.05) is 12.1 Å². The number of thioether (sulfide) groups is 1. The van der Waals surface area contributed by atoms with Crippen LogP contribution in [-0.2, 0) is 17.5 Å². The summed E-state index contributed by atoms with van der Waals surface area (Å²) < 4.78 is 39.9. The molecule has 2 aromatic carbocycles. The van der Waals surface area contributed by atoms with E-state index in [0.29, 0.717) is 30.0 Å². The fourth-order valence-corrected chi connectivity index (χ4v) is 3.02.